The summed E-state index contributed by atoms with van der Waals surface area (Å²) in [5.41, 5.74) is 0.679. The molecule has 1 amide bonds. The van der Waals surface area contributed by atoms with Gasteiger partial charge in [0, 0.05) is 13.5 Å². The fourth-order valence-corrected chi connectivity index (χ4v) is 1.43. The second kappa shape index (κ2) is 6.23. The molecule has 1 atom stereocenters. The molecule has 1 rings (SSSR count). The second-order valence-electron chi connectivity index (χ2n) is 3.63. The first-order valence-electron chi connectivity index (χ1n) is 5.27. The first kappa shape index (κ1) is 12.6. The molecule has 0 aliphatic carbocycles. The van der Waals surface area contributed by atoms with Gasteiger partial charge in [0.1, 0.15) is 5.82 Å². The van der Waals surface area contributed by atoms with Crippen molar-refractivity contribution in [2.45, 2.75) is 25.4 Å². The topological polar surface area (TPSA) is 49.3 Å². The van der Waals surface area contributed by atoms with Crippen LogP contribution in [0.2, 0.25) is 0 Å². The number of benzene rings is 1. The number of halogens is 1. The van der Waals surface area contributed by atoms with Gasteiger partial charge < -0.3 is 10.4 Å². The first-order valence-corrected chi connectivity index (χ1v) is 5.27. The van der Waals surface area contributed by atoms with Gasteiger partial charge in [-0.3, -0.25) is 4.79 Å². The van der Waals surface area contributed by atoms with Gasteiger partial charge in [0.15, 0.2) is 0 Å². The van der Waals surface area contributed by atoms with E-state index in [1.54, 1.807) is 19.2 Å². The van der Waals surface area contributed by atoms with Gasteiger partial charge in [-0.1, -0.05) is 12.1 Å². The molecule has 0 saturated carbocycles. The third-order valence-electron chi connectivity index (χ3n) is 2.42. The molecule has 88 valence electrons. The Morgan fingerprint density at radius 2 is 2.06 bits per heavy atom. The van der Waals surface area contributed by atoms with Crippen molar-refractivity contribution in [3.8, 4) is 0 Å². The molecule has 1 aromatic carbocycles. The fraction of sp³-hybridized carbons (Fsp3) is 0.417. The minimum atomic E-state index is -0.634. The SMILES string of the molecule is CNC(=O)CCCC(O)c1ccc(F)cc1. The quantitative estimate of drug-likeness (QED) is 0.802. The van der Waals surface area contributed by atoms with E-state index in [4.69, 9.17) is 0 Å². The highest BCUT2D eigenvalue weighted by Gasteiger charge is 2.08. The lowest BCUT2D eigenvalue weighted by Crippen LogP contribution is -2.17. The highest BCUT2D eigenvalue weighted by atomic mass is 19.1. The molecule has 2 N–H and O–H groups in total. The van der Waals surface area contributed by atoms with Crippen LogP contribution in [0, 0.1) is 5.82 Å². The lowest BCUT2D eigenvalue weighted by Gasteiger charge is -2.10. The zero-order valence-electron chi connectivity index (χ0n) is 9.24. The molecule has 16 heavy (non-hydrogen) atoms. The molecule has 1 unspecified atom stereocenters. The molecule has 0 fully saturated rings. The third kappa shape index (κ3) is 3.98. The Labute approximate surface area is 94.3 Å². The normalized spacial score (nSPS) is 12.2. The Morgan fingerprint density at radius 1 is 1.44 bits per heavy atom. The molecule has 0 radical (unpaired) electrons. The van der Waals surface area contributed by atoms with Crippen LogP contribution in [0.15, 0.2) is 24.3 Å². The van der Waals surface area contributed by atoms with E-state index in [0.29, 0.717) is 24.8 Å². The molecular formula is C12H16FNO2. The predicted molar refractivity (Wildman–Crippen MR) is 59.3 cm³/mol. The van der Waals surface area contributed by atoms with E-state index in [2.05, 4.69) is 5.32 Å². The first-order chi connectivity index (χ1) is 7.63. The van der Waals surface area contributed by atoms with Crippen LogP contribution in [0.3, 0.4) is 0 Å². The average molecular weight is 225 g/mol. The lowest BCUT2D eigenvalue weighted by atomic mass is 10.0. The Kier molecular flexibility index (Phi) is 4.92. The van der Waals surface area contributed by atoms with Gasteiger partial charge in [0.25, 0.3) is 0 Å². The van der Waals surface area contributed by atoms with Gasteiger partial charge in [0.05, 0.1) is 6.10 Å². The van der Waals surface area contributed by atoms with E-state index in [-0.39, 0.29) is 11.7 Å². The highest BCUT2D eigenvalue weighted by Crippen LogP contribution is 2.19. The van der Waals surface area contributed by atoms with E-state index >= 15 is 0 Å². The summed E-state index contributed by atoms with van der Waals surface area (Å²) in [5, 5.41) is 12.3. The zero-order chi connectivity index (χ0) is 12.0. The van der Waals surface area contributed by atoms with Gasteiger partial charge in [-0.25, -0.2) is 4.39 Å². The van der Waals surface area contributed by atoms with Crippen LogP contribution in [0.5, 0.6) is 0 Å². The molecule has 0 saturated heterocycles. The highest BCUT2D eigenvalue weighted by molar-refractivity contribution is 5.75. The van der Waals surface area contributed by atoms with Crippen LogP contribution >= 0.6 is 0 Å². The molecular weight excluding hydrogens is 209 g/mol. The molecule has 0 aliphatic rings. The van der Waals surface area contributed by atoms with Crippen molar-refractivity contribution in [1.29, 1.82) is 0 Å². The van der Waals surface area contributed by atoms with Crippen LogP contribution in [-0.2, 0) is 4.79 Å². The van der Waals surface area contributed by atoms with E-state index in [0.717, 1.165) is 0 Å². The Morgan fingerprint density at radius 3 is 2.62 bits per heavy atom. The number of carbonyl (C=O) groups is 1. The largest absolute Gasteiger partial charge is 0.388 e. The number of rotatable bonds is 5. The number of nitrogens with one attached hydrogen (secondary N) is 1. The molecule has 4 heteroatoms. The van der Waals surface area contributed by atoms with Crippen molar-refractivity contribution in [2.75, 3.05) is 7.05 Å². The van der Waals surface area contributed by atoms with E-state index in [9.17, 15) is 14.3 Å². The predicted octanol–water partition coefficient (Wildman–Crippen LogP) is 1.78. The summed E-state index contributed by atoms with van der Waals surface area (Å²) < 4.78 is 12.6. The Bertz CT molecular complexity index is 337. The average Bonchev–Trinajstić information content (AvgIpc) is 2.29. The van der Waals surface area contributed by atoms with Crippen molar-refractivity contribution in [2.24, 2.45) is 0 Å². The minimum Gasteiger partial charge on any atom is -0.388 e. The van der Waals surface area contributed by atoms with Crippen LogP contribution in [0.4, 0.5) is 4.39 Å². The number of amides is 1. The van der Waals surface area contributed by atoms with E-state index in [1.807, 2.05) is 0 Å². The zero-order valence-corrected chi connectivity index (χ0v) is 9.24. The molecule has 0 bridgehead atoms. The van der Waals surface area contributed by atoms with E-state index < -0.39 is 6.10 Å². The minimum absolute atomic E-state index is 0.0358. The Hall–Kier alpha value is -1.42. The molecule has 0 aromatic heterocycles. The second-order valence-corrected chi connectivity index (χ2v) is 3.63. The van der Waals surface area contributed by atoms with E-state index in [1.165, 1.54) is 12.1 Å². The van der Waals surface area contributed by atoms with Crippen molar-refractivity contribution < 1.29 is 14.3 Å². The Balaban J connectivity index is 2.37. The standard InChI is InChI=1S/C12H16FNO2/c1-14-12(16)4-2-3-11(15)9-5-7-10(13)8-6-9/h5-8,11,15H,2-4H2,1H3,(H,14,16). The summed E-state index contributed by atoms with van der Waals surface area (Å²) in [6.07, 6.45) is 0.872. The summed E-state index contributed by atoms with van der Waals surface area (Å²) in [7, 11) is 1.58. The van der Waals surface area contributed by atoms with Crippen LogP contribution in [-0.4, -0.2) is 18.1 Å². The van der Waals surface area contributed by atoms with Gasteiger partial charge >= 0.3 is 0 Å². The molecule has 3 nitrogen and oxygen atoms in total. The lowest BCUT2D eigenvalue weighted by molar-refractivity contribution is -0.120. The van der Waals surface area contributed by atoms with Gasteiger partial charge in [0.2, 0.25) is 5.91 Å². The van der Waals surface area contributed by atoms with Crippen molar-refractivity contribution in [3.63, 3.8) is 0 Å². The number of carbonyl (C=O) groups excluding carboxylic acids is 1. The van der Waals surface area contributed by atoms with Crippen molar-refractivity contribution in [1.82, 2.24) is 5.32 Å². The fourth-order valence-electron chi connectivity index (χ4n) is 1.43. The van der Waals surface area contributed by atoms with Gasteiger partial charge in [-0.15, -0.1) is 0 Å². The van der Waals surface area contributed by atoms with Crippen LogP contribution in [0.25, 0.3) is 0 Å². The van der Waals surface area contributed by atoms with Crippen LogP contribution < -0.4 is 5.32 Å². The summed E-state index contributed by atoms with van der Waals surface area (Å²) in [5.74, 6) is -0.354. The maximum atomic E-state index is 12.6. The molecule has 0 spiro atoms. The van der Waals surface area contributed by atoms with Crippen molar-refractivity contribution >= 4 is 5.91 Å². The maximum absolute atomic E-state index is 12.6. The van der Waals surface area contributed by atoms with Crippen molar-refractivity contribution in [3.05, 3.63) is 35.6 Å². The molecule has 0 heterocycles. The van der Waals surface area contributed by atoms with Gasteiger partial charge in [-0.05, 0) is 30.5 Å². The molecule has 1 aromatic rings. The smallest absolute Gasteiger partial charge is 0.219 e. The summed E-state index contributed by atoms with van der Waals surface area (Å²) in [4.78, 5) is 10.9. The van der Waals surface area contributed by atoms with Gasteiger partial charge in [-0.2, -0.15) is 0 Å². The number of hydrogen-bond acceptors (Lipinski definition) is 2. The summed E-state index contributed by atoms with van der Waals surface area (Å²) >= 11 is 0. The number of hydrogen-bond donors (Lipinski definition) is 2. The third-order valence-corrected chi connectivity index (χ3v) is 2.42. The molecule has 0 aliphatic heterocycles. The summed E-state index contributed by atoms with van der Waals surface area (Å²) in [6.45, 7) is 0. The number of aliphatic hydroxyl groups is 1. The summed E-state index contributed by atoms with van der Waals surface area (Å²) in [6, 6.07) is 5.74. The van der Waals surface area contributed by atoms with Crippen LogP contribution in [0.1, 0.15) is 30.9 Å². The number of aliphatic hydroxyl groups excluding tert-OH is 1. The monoisotopic (exact) mass is 225 g/mol. The maximum Gasteiger partial charge on any atom is 0.219 e.